The first-order valence-corrected chi connectivity index (χ1v) is 5.59. The van der Waals surface area contributed by atoms with Gasteiger partial charge >= 0.3 is 58.4 Å². The van der Waals surface area contributed by atoms with Crippen molar-refractivity contribution >= 4 is 6.98 Å². The van der Waals surface area contributed by atoms with Crippen molar-refractivity contribution < 1.29 is 69.1 Å². The van der Waals surface area contributed by atoms with Crippen LogP contribution in [-0.4, -0.2) is 13.1 Å². The number of benzene rings is 1. The van der Waals surface area contributed by atoms with Gasteiger partial charge in [0, 0.05) is 0 Å². The van der Waals surface area contributed by atoms with Crippen LogP contribution in [0.25, 0.3) is 0 Å². The predicted octanol–water partition coefficient (Wildman–Crippen LogP) is 0.683. The van der Waals surface area contributed by atoms with Gasteiger partial charge in [0.2, 0.25) is 0 Å². The number of ether oxygens (including phenoxy) is 1. The average Bonchev–Trinajstić information content (AvgIpc) is 2.21. The summed E-state index contributed by atoms with van der Waals surface area (Å²) in [6.07, 6.45) is 0.766. The molecule has 1 aliphatic rings. The van der Waals surface area contributed by atoms with Crippen molar-refractivity contribution in [1.29, 1.82) is 0 Å². The third-order valence-electron chi connectivity index (χ3n) is 2.73. The minimum atomic E-state index is -4.79. The molecule has 0 bridgehead atoms. The maximum Gasteiger partial charge on any atom is 1.00 e. The summed E-state index contributed by atoms with van der Waals surface area (Å²) in [6.45, 7) is -4.32. The van der Waals surface area contributed by atoms with E-state index in [2.05, 4.69) is 0 Å². The molecule has 0 atom stereocenters. The molecule has 0 aromatic heterocycles. The quantitative estimate of drug-likeness (QED) is 0.737. The molecule has 0 radical (unpaired) electrons. The molecule has 0 N–H and O–H groups in total. The topological polar surface area (TPSA) is 9.23 Å². The molecule has 1 saturated carbocycles. The van der Waals surface area contributed by atoms with Gasteiger partial charge in [0.25, 0.3) is 0 Å². The van der Waals surface area contributed by atoms with Crippen LogP contribution in [0.5, 0.6) is 0 Å². The maximum absolute atomic E-state index is 12.1. The molecule has 6 heteroatoms. The Morgan fingerprint density at radius 2 is 1.78 bits per heavy atom. The van der Waals surface area contributed by atoms with Crippen LogP contribution < -0.4 is 51.4 Å². The zero-order chi connectivity index (χ0) is 12.3. The smallest absolute Gasteiger partial charge is 0.445 e. The van der Waals surface area contributed by atoms with Crippen LogP contribution in [0.2, 0.25) is 0 Å². The third kappa shape index (κ3) is 5.59. The summed E-state index contributed by atoms with van der Waals surface area (Å²) in [4.78, 5) is 0. The van der Waals surface area contributed by atoms with E-state index in [1.54, 1.807) is 0 Å². The van der Waals surface area contributed by atoms with Gasteiger partial charge in [-0.05, 0) is 18.4 Å². The molecular weight excluding hydrogens is 267 g/mol. The molecule has 2 rings (SSSR count). The van der Waals surface area contributed by atoms with Crippen molar-refractivity contribution in [3.63, 3.8) is 0 Å². The molecule has 1 aliphatic carbocycles. The predicted molar refractivity (Wildman–Crippen MR) is 61.4 cm³/mol. The number of rotatable bonds is 4. The van der Waals surface area contributed by atoms with E-state index in [-0.39, 0.29) is 57.5 Å². The molecule has 1 aromatic carbocycles. The Bertz CT molecular complexity index is 398. The first kappa shape index (κ1) is 16.5. The summed E-state index contributed by atoms with van der Waals surface area (Å²) in [5.74, 6) is 0.447. The van der Waals surface area contributed by atoms with Crippen molar-refractivity contribution in [2.24, 2.45) is 0 Å². The van der Waals surface area contributed by atoms with Gasteiger partial charge in [-0.2, -0.15) is 0 Å². The fraction of sp³-hybridized carbons (Fsp3) is 0.333. The summed E-state index contributed by atoms with van der Waals surface area (Å²) in [5.41, 5.74) is 1.50. The Kier molecular flexibility index (Phi) is 6.64. The Morgan fingerprint density at radius 1 is 1.17 bits per heavy atom. The van der Waals surface area contributed by atoms with Gasteiger partial charge in [-0.25, -0.2) is 0 Å². The van der Waals surface area contributed by atoms with E-state index in [4.69, 9.17) is 4.74 Å². The van der Waals surface area contributed by atoms with Crippen LogP contribution >= 0.6 is 0 Å². The van der Waals surface area contributed by atoms with Crippen LogP contribution in [0.3, 0.4) is 0 Å². The molecule has 1 fully saturated rings. The Labute approximate surface area is 147 Å². The maximum atomic E-state index is 12.1. The summed E-state index contributed by atoms with van der Waals surface area (Å²) in [7, 11) is 0. The van der Waals surface area contributed by atoms with E-state index < -0.39 is 6.98 Å². The molecule has 0 spiro atoms. The Hall–Kier alpha value is 0.411. The van der Waals surface area contributed by atoms with Crippen molar-refractivity contribution in [2.45, 2.75) is 25.6 Å². The second-order valence-electron chi connectivity index (χ2n) is 4.28. The largest absolute Gasteiger partial charge is 1.00 e. The number of hydrogen-bond donors (Lipinski definition) is 0. The van der Waals surface area contributed by atoms with Crippen molar-refractivity contribution in [2.75, 3.05) is 0 Å². The van der Waals surface area contributed by atoms with Gasteiger partial charge in [-0.1, -0.05) is 35.9 Å². The van der Waals surface area contributed by atoms with E-state index in [1.165, 1.54) is 0 Å². The van der Waals surface area contributed by atoms with Crippen LogP contribution in [-0.2, 0) is 11.3 Å². The molecule has 92 valence electrons. The van der Waals surface area contributed by atoms with Crippen LogP contribution in [0.15, 0.2) is 41.9 Å². The van der Waals surface area contributed by atoms with E-state index in [1.807, 2.05) is 30.3 Å². The summed E-state index contributed by atoms with van der Waals surface area (Å²) < 4.78 is 41.7. The third-order valence-corrected chi connectivity index (χ3v) is 2.73. The number of halogens is 3. The molecule has 1 nitrogen and oxygen atoms in total. The fourth-order valence-electron chi connectivity index (χ4n) is 1.83. The van der Waals surface area contributed by atoms with Gasteiger partial charge in [-0.15, -0.1) is 5.98 Å². The molecule has 1 aromatic rings. The second-order valence-corrected chi connectivity index (χ2v) is 4.28. The Morgan fingerprint density at radius 3 is 2.33 bits per heavy atom. The minimum absolute atomic E-state index is 0. The number of hydrogen-bond acceptors (Lipinski definition) is 1. The standard InChI is InChI=1S/C12H13BF3O.K/c14-13(15,16)8-11-6-12(7-11)17-9-10-4-2-1-3-5-10;/h1-5,8,12H,6-7,9H2;/q-1;+1. The van der Waals surface area contributed by atoms with Gasteiger partial charge in [0.15, 0.2) is 0 Å². The van der Waals surface area contributed by atoms with Gasteiger partial charge in [0.05, 0.1) is 12.7 Å². The second kappa shape index (κ2) is 7.26. The molecule has 0 unspecified atom stereocenters. The van der Waals surface area contributed by atoms with Crippen LogP contribution in [0.1, 0.15) is 18.4 Å². The first-order chi connectivity index (χ1) is 8.03. The molecule has 0 aliphatic heterocycles. The van der Waals surface area contributed by atoms with Crippen LogP contribution in [0, 0.1) is 0 Å². The molecule has 0 amide bonds. The average molecular weight is 280 g/mol. The van der Waals surface area contributed by atoms with E-state index >= 15 is 0 Å². The van der Waals surface area contributed by atoms with E-state index in [9.17, 15) is 12.9 Å². The van der Waals surface area contributed by atoms with Gasteiger partial charge in [-0.3, -0.25) is 0 Å². The monoisotopic (exact) mass is 280 g/mol. The van der Waals surface area contributed by atoms with Crippen LogP contribution in [0.4, 0.5) is 12.9 Å². The molecule has 0 heterocycles. The Balaban J connectivity index is 0.00000162. The minimum Gasteiger partial charge on any atom is -0.445 e. The molecule has 0 saturated heterocycles. The summed E-state index contributed by atoms with van der Waals surface area (Å²) in [5, 5.41) is 0. The summed E-state index contributed by atoms with van der Waals surface area (Å²) >= 11 is 0. The van der Waals surface area contributed by atoms with E-state index in [0.717, 1.165) is 5.56 Å². The van der Waals surface area contributed by atoms with Crippen molar-refractivity contribution in [1.82, 2.24) is 0 Å². The normalized spacial score (nSPS) is 18.8. The molecular formula is C12H13BF3KO. The fourth-order valence-corrected chi connectivity index (χ4v) is 1.83. The van der Waals surface area contributed by atoms with Crippen molar-refractivity contribution in [3.8, 4) is 0 Å². The van der Waals surface area contributed by atoms with Crippen molar-refractivity contribution in [3.05, 3.63) is 47.4 Å². The van der Waals surface area contributed by atoms with E-state index in [0.29, 0.717) is 31.0 Å². The van der Waals surface area contributed by atoms with Gasteiger partial charge < -0.3 is 17.7 Å². The zero-order valence-electron chi connectivity index (χ0n) is 10.3. The first-order valence-electron chi connectivity index (χ1n) is 5.59. The zero-order valence-corrected chi connectivity index (χ0v) is 13.4. The van der Waals surface area contributed by atoms with Gasteiger partial charge in [0.1, 0.15) is 0 Å². The summed E-state index contributed by atoms with van der Waals surface area (Å²) in [6, 6.07) is 9.62. The SMILES string of the molecule is F[B-](F)(F)C=C1CC(OCc2ccccc2)C1.[K+]. The molecule has 18 heavy (non-hydrogen) atoms.